The average Bonchev–Trinajstić information content (AvgIpc) is 1.46. The summed E-state index contributed by atoms with van der Waals surface area (Å²) in [7, 11) is 1.50. The first kappa shape index (κ1) is 8.84. The lowest BCUT2D eigenvalue weighted by atomic mass is 11.6. The summed E-state index contributed by atoms with van der Waals surface area (Å²) in [4.78, 5) is 0. The Morgan fingerprint density at radius 2 is 1.40 bits per heavy atom. The number of rotatable bonds is 0. The Labute approximate surface area is 29.8 Å². The van der Waals surface area contributed by atoms with E-state index in [1.807, 2.05) is 0 Å². The van der Waals surface area contributed by atoms with Crippen molar-refractivity contribution in [1.29, 1.82) is 0 Å². The number of alkyl halides is 2. The van der Waals surface area contributed by atoms with Crippen molar-refractivity contribution < 1.29 is 8.78 Å². The molecule has 0 radical (unpaired) electrons. The van der Waals surface area contributed by atoms with Crippen LogP contribution in [-0.4, -0.2) is 14.0 Å². The Kier molecular flexibility index (Phi) is 79.9. The minimum atomic E-state index is -1.75. The van der Waals surface area contributed by atoms with E-state index in [4.69, 9.17) is 0 Å². The zero-order valence-corrected chi connectivity index (χ0v) is 3.04. The van der Waals surface area contributed by atoms with E-state index < -0.39 is 6.93 Å². The van der Waals surface area contributed by atoms with Crippen molar-refractivity contribution >= 4 is 0 Å². The highest BCUT2D eigenvalue weighted by atomic mass is 19.3. The van der Waals surface area contributed by atoms with Gasteiger partial charge in [0.25, 0.3) is 0 Å². The van der Waals surface area contributed by atoms with Gasteiger partial charge in [0.2, 0.25) is 6.93 Å². The summed E-state index contributed by atoms with van der Waals surface area (Å²) in [5.41, 5.74) is 4.50. The third kappa shape index (κ3) is 391. The highest BCUT2D eigenvalue weighted by Crippen LogP contribution is 1.56. The fraction of sp³-hybridized carbons (Fsp3) is 1.00. The average molecular weight is 83.1 g/mol. The van der Waals surface area contributed by atoms with Gasteiger partial charge in [0.1, 0.15) is 0 Å². The molecular formula is C2H7F2N. The second-order valence-electron chi connectivity index (χ2n) is 0.101. The number of hydrogen-bond donors (Lipinski definition) is 1. The Bertz CT molecular complexity index is 7.61. The van der Waals surface area contributed by atoms with Crippen LogP contribution in [0.1, 0.15) is 0 Å². The molecule has 2 N–H and O–H groups in total. The van der Waals surface area contributed by atoms with Gasteiger partial charge >= 0.3 is 0 Å². The Morgan fingerprint density at radius 1 is 1.40 bits per heavy atom. The molecule has 0 fully saturated rings. The van der Waals surface area contributed by atoms with Gasteiger partial charge in [-0.25, -0.2) is 8.78 Å². The van der Waals surface area contributed by atoms with E-state index in [-0.39, 0.29) is 0 Å². The van der Waals surface area contributed by atoms with Gasteiger partial charge in [-0.1, -0.05) is 0 Å². The van der Waals surface area contributed by atoms with Gasteiger partial charge in [-0.3, -0.25) is 0 Å². The minimum Gasteiger partial charge on any atom is -0.333 e. The minimum absolute atomic E-state index is 1.50. The lowest BCUT2D eigenvalue weighted by molar-refractivity contribution is 0.295. The molecule has 0 saturated heterocycles. The maximum atomic E-state index is 9.62. The zero-order chi connectivity index (χ0) is 4.71. The summed E-state index contributed by atoms with van der Waals surface area (Å²) in [5.74, 6) is 0. The summed E-state index contributed by atoms with van der Waals surface area (Å²) in [6, 6.07) is 0. The van der Waals surface area contributed by atoms with Crippen LogP contribution in [0.5, 0.6) is 0 Å². The summed E-state index contributed by atoms with van der Waals surface area (Å²) >= 11 is 0. The van der Waals surface area contributed by atoms with Crippen LogP contribution in [0.4, 0.5) is 8.78 Å². The number of hydrogen-bond acceptors (Lipinski definition) is 1. The van der Waals surface area contributed by atoms with Gasteiger partial charge in [0.15, 0.2) is 0 Å². The van der Waals surface area contributed by atoms with Crippen LogP contribution < -0.4 is 5.73 Å². The molecule has 0 aromatic carbocycles. The lowest BCUT2D eigenvalue weighted by Gasteiger charge is -1.42. The molecule has 0 unspecified atom stereocenters. The van der Waals surface area contributed by atoms with Crippen LogP contribution in [0.25, 0.3) is 0 Å². The van der Waals surface area contributed by atoms with Crippen molar-refractivity contribution in [2.45, 2.75) is 0 Å². The van der Waals surface area contributed by atoms with Crippen molar-refractivity contribution in [3.63, 3.8) is 0 Å². The van der Waals surface area contributed by atoms with Gasteiger partial charge in [-0.05, 0) is 7.05 Å². The van der Waals surface area contributed by atoms with Gasteiger partial charge in [0.05, 0.1) is 0 Å². The van der Waals surface area contributed by atoms with E-state index in [2.05, 4.69) is 5.73 Å². The molecule has 1 nitrogen and oxygen atoms in total. The fourth-order valence-corrected chi connectivity index (χ4v) is 0. The third-order valence-electron chi connectivity index (χ3n) is 0. The molecule has 5 heavy (non-hydrogen) atoms. The first-order valence-corrected chi connectivity index (χ1v) is 1.11. The molecular weight excluding hydrogens is 76.0 g/mol. The van der Waals surface area contributed by atoms with Gasteiger partial charge in [-0.2, -0.15) is 0 Å². The second-order valence-corrected chi connectivity index (χ2v) is 0.101. The maximum absolute atomic E-state index is 9.62. The quantitative estimate of drug-likeness (QED) is 0.452. The molecule has 0 amide bonds. The third-order valence-corrected chi connectivity index (χ3v) is 0. The van der Waals surface area contributed by atoms with E-state index in [0.29, 0.717) is 0 Å². The van der Waals surface area contributed by atoms with Gasteiger partial charge in [0, 0.05) is 0 Å². The normalized spacial score (nSPS) is 4.80. The van der Waals surface area contributed by atoms with Crippen LogP contribution in [-0.2, 0) is 0 Å². The molecule has 0 bridgehead atoms. The molecule has 0 rings (SSSR count). The first-order valence-electron chi connectivity index (χ1n) is 1.11. The Morgan fingerprint density at radius 3 is 1.40 bits per heavy atom. The summed E-state index contributed by atoms with van der Waals surface area (Å²) in [5, 5.41) is 0. The Balaban J connectivity index is 0. The molecule has 0 heterocycles. The van der Waals surface area contributed by atoms with E-state index in [9.17, 15) is 8.78 Å². The van der Waals surface area contributed by atoms with Crippen LogP contribution in [0, 0.1) is 0 Å². The fourth-order valence-electron chi connectivity index (χ4n) is 0. The van der Waals surface area contributed by atoms with Crippen LogP contribution in [0.15, 0.2) is 0 Å². The maximum Gasteiger partial charge on any atom is 0.229 e. The zero-order valence-electron chi connectivity index (χ0n) is 3.04. The summed E-state index contributed by atoms with van der Waals surface area (Å²) in [6.07, 6.45) is 0. The van der Waals surface area contributed by atoms with Gasteiger partial charge in [-0.15, -0.1) is 0 Å². The lowest BCUT2D eigenvalue weighted by Crippen LogP contribution is -1.69. The molecule has 0 aliphatic heterocycles. The highest BCUT2D eigenvalue weighted by molar-refractivity contribution is 3.57. The highest BCUT2D eigenvalue weighted by Gasteiger charge is 1.44. The predicted molar refractivity (Wildman–Crippen MR) is 17.2 cm³/mol. The van der Waals surface area contributed by atoms with Crippen molar-refractivity contribution in [2.75, 3.05) is 14.0 Å². The van der Waals surface area contributed by atoms with E-state index in [1.54, 1.807) is 0 Å². The smallest absolute Gasteiger partial charge is 0.229 e. The van der Waals surface area contributed by atoms with E-state index in [1.165, 1.54) is 7.05 Å². The first-order chi connectivity index (χ1) is 2.41. The van der Waals surface area contributed by atoms with Crippen molar-refractivity contribution in [1.82, 2.24) is 0 Å². The SMILES string of the molecule is CN.FCF. The van der Waals surface area contributed by atoms with Crippen molar-refractivity contribution in [3.05, 3.63) is 0 Å². The molecule has 0 aliphatic rings. The van der Waals surface area contributed by atoms with Crippen LogP contribution in [0.2, 0.25) is 0 Å². The van der Waals surface area contributed by atoms with Gasteiger partial charge < -0.3 is 5.73 Å². The van der Waals surface area contributed by atoms with Crippen LogP contribution in [0.3, 0.4) is 0 Å². The second kappa shape index (κ2) is 45.2. The van der Waals surface area contributed by atoms with Crippen molar-refractivity contribution in [3.8, 4) is 0 Å². The number of nitrogens with two attached hydrogens (primary N) is 1. The van der Waals surface area contributed by atoms with Crippen LogP contribution >= 0.6 is 0 Å². The monoisotopic (exact) mass is 83.1 g/mol. The molecule has 0 spiro atoms. The topological polar surface area (TPSA) is 26.0 Å². The molecule has 0 saturated carbocycles. The molecule has 0 atom stereocenters. The van der Waals surface area contributed by atoms with Crippen molar-refractivity contribution in [2.24, 2.45) is 5.73 Å². The molecule has 0 aliphatic carbocycles. The predicted octanol–water partition coefficient (Wildman–Crippen LogP) is 0.458. The Hall–Kier alpha value is -0.180. The summed E-state index contributed by atoms with van der Waals surface area (Å²) < 4.78 is 19.2. The summed E-state index contributed by atoms with van der Waals surface area (Å²) in [6.45, 7) is -1.75. The molecule has 34 valence electrons. The molecule has 0 aromatic heterocycles. The molecule has 0 aromatic rings. The molecule has 3 heteroatoms. The number of halogens is 2. The van der Waals surface area contributed by atoms with E-state index >= 15 is 0 Å². The van der Waals surface area contributed by atoms with E-state index in [0.717, 1.165) is 0 Å². The standard InChI is InChI=1S/CH2F2.CH5N/c2-1-3;1-2/h1H2;2H2,1H3. The largest absolute Gasteiger partial charge is 0.333 e.